The van der Waals surface area contributed by atoms with Gasteiger partial charge in [0.25, 0.3) is 0 Å². The minimum Gasteiger partial charge on any atom is -0.434 e. The average molecular weight is 400 g/mol. The van der Waals surface area contributed by atoms with E-state index in [1.165, 1.54) is 6.07 Å². The van der Waals surface area contributed by atoms with E-state index in [2.05, 4.69) is 20.2 Å². The number of H-pyrrole nitrogens is 2. The van der Waals surface area contributed by atoms with E-state index in [1.54, 1.807) is 30.5 Å². The summed E-state index contributed by atoms with van der Waals surface area (Å²) in [6.45, 7) is 1.88. The molecule has 0 aliphatic rings. The summed E-state index contributed by atoms with van der Waals surface area (Å²) in [5, 5.41) is 10.6. The Hall–Kier alpha value is -4.00. The van der Waals surface area contributed by atoms with Crippen molar-refractivity contribution >= 4 is 21.7 Å². The molecule has 0 amide bonds. The van der Waals surface area contributed by atoms with E-state index >= 15 is 0 Å². The van der Waals surface area contributed by atoms with Gasteiger partial charge in [0.1, 0.15) is 0 Å². The number of aryl methyl sites for hydroxylation is 1. The second-order valence-electron chi connectivity index (χ2n) is 7.13. The Labute approximate surface area is 170 Å². The van der Waals surface area contributed by atoms with Gasteiger partial charge in [-0.2, -0.15) is 5.10 Å². The Morgan fingerprint density at radius 2 is 1.83 bits per heavy atom. The molecule has 0 atom stereocenters. The zero-order valence-corrected chi connectivity index (χ0v) is 16.1. The van der Waals surface area contributed by atoms with Crippen molar-refractivity contribution in [1.82, 2.24) is 20.2 Å². The summed E-state index contributed by atoms with van der Waals surface area (Å²) in [4.78, 5) is 17.1. The van der Waals surface area contributed by atoms with Crippen molar-refractivity contribution in [2.24, 2.45) is 0 Å². The van der Waals surface area contributed by atoms with Gasteiger partial charge in [0, 0.05) is 46.1 Å². The number of nitrogens with one attached hydrogen (secondary N) is 2. The van der Waals surface area contributed by atoms with Crippen molar-refractivity contribution in [2.75, 3.05) is 0 Å². The summed E-state index contributed by atoms with van der Waals surface area (Å²) < 4.78 is 20.8. The number of fused-ring (bicyclic) bond motifs is 2. The number of hydrogen-bond acceptors (Lipinski definition) is 4. The first kappa shape index (κ1) is 18.1. The van der Waals surface area contributed by atoms with Gasteiger partial charge in [0.15, 0.2) is 11.6 Å². The molecule has 0 aliphatic heterocycles. The highest BCUT2D eigenvalue weighted by atomic mass is 19.1. The van der Waals surface area contributed by atoms with Crippen molar-refractivity contribution in [2.45, 2.75) is 13.3 Å². The van der Waals surface area contributed by atoms with Crippen LogP contribution in [0.5, 0.6) is 11.6 Å². The lowest BCUT2D eigenvalue weighted by molar-refractivity contribution is 0.429. The van der Waals surface area contributed by atoms with Crippen LogP contribution in [0.4, 0.5) is 4.39 Å². The fourth-order valence-electron chi connectivity index (χ4n) is 3.56. The molecule has 3 aromatic heterocycles. The maximum absolute atomic E-state index is 14.9. The quantitative estimate of drug-likeness (QED) is 0.461. The topological polar surface area (TPSA) is 83.7 Å². The van der Waals surface area contributed by atoms with Gasteiger partial charge in [-0.25, -0.2) is 4.39 Å². The van der Waals surface area contributed by atoms with E-state index in [4.69, 9.17) is 4.74 Å². The zero-order valence-electron chi connectivity index (χ0n) is 16.1. The molecule has 3 heterocycles. The molecule has 0 aliphatic carbocycles. The molecule has 0 saturated carbocycles. The van der Waals surface area contributed by atoms with Gasteiger partial charge in [0.2, 0.25) is 11.4 Å². The van der Waals surface area contributed by atoms with Gasteiger partial charge in [-0.1, -0.05) is 24.3 Å². The summed E-state index contributed by atoms with van der Waals surface area (Å²) >= 11 is 0. The SMILES string of the molecule is Cc1cc2c(F)c(Oc3nnc(Cc4ccc(=O)[nH]c4)c4ccccc34)ccc2[nH]1. The molecule has 0 bridgehead atoms. The van der Waals surface area contributed by atoms with Crippen molar-refractivity contribution in [3.8, 4) is 11.6 Å². The Bertz CT molecular complexity index is 1430. The van der Waals surface area contributed by atoms with Gasteiger partial charge in [0.05, 0.1) is 5.69 Å². The summed E-state index contributed by atoms with van der Waals surface area (Å²) in [7, 11) is 0. The van der Waals surface area contributed by atoms with Gasteiger partial charge in [-0.05, 0) is 36.8 Å². The Kier molecular flexibility index (Phi) is 4.28. The summed E-state index contributed by atoms with van der Waals surface area (Å²) in [6, 6.07) is 15.9. The van der Waals surface area contributed by atoms with Crippen LogP contribution in [0.2, 0.25) is 0 Å². The van der Waals surface area contributed by atoms with Crippen LogP contribution >= 0.6 is 0 Å². The van der Waals surface area contributed by atoms with Crippen LogP contribution in [0.1, 0.15) is 17.0 Å². The van der Waals surface area contributed by atoms with E-state index in [-0.39, 0.29) is 17.2 Å². The van der Waals surface area contributed by atoms with Crippen molar-refractivity contribution in [3.05, 3.63) is 93.9 Å². The van der Waals surface area contributed by atoms with Crippen molar-refractivity contribution in [3.63, 3.8) is 0 Å². The predicted molar refractivity (Wildman–Crippen MR) is 112 cm³/mol. The molecule has 0 radical (unpaired) electrons. The smallest absolute Gasteiger partial charge is 0.247 e. The molecule has 2 N–H and O–H groups in total. The molecular weight excluding hydrogens is 383 g/mol. The van der Waals surface area contributed by atoms with Crippen LogP contribution in [0.3, 0.4) is 0 Å². The Morgan fingerprint density at radius 1 is 1.00 bits per heavy atom. The fourth-order valence-corrected chi connectivity index (χ4v) is 3.56. The van der Waals surface area contributed by atoms with Crippen LogP contribution in [0.15, 0.2) is 65.6 Å². The molecule has 5 aromatic rings. The van der Waals surface area contributed by atoms with Gasteiger partial charge in [-0.15, -0.1) is 5.10 Å². The number of hydrogen-bond donors (Lipinski definition) is 2. The number of benzene rings is 2. The average Bonchev–Trinajstić information content (AvgIpc) is 3.14. The molecule has 7 heteroatoms. The third-order valence-electron chi connectivity index (χ3n) is 4.99. The first-order chi connectivity index (χ1) is 14.6. The number of pyridine rings is 1. The van der Waals surface area contributed by atoms with Gasteiger partial charge in [-0.3, -0.25) is 4.79 Å². The number of halogens is 1. The second kappa shape index (κ2) is 7.11. The third-order valence-corrected chi connectivity index (χ3v) is 4.99. The molecule has 2 aromatic carbocycles. The standard InChI is InChI=1S/C23H17FN4O2/c1-13-10-17-18(26-13)7-8-20(22(17)24)30-23-16-5-3-2-4-15(16)19(27-28-23)11-14-6-9-21(29)25-12-14/h2-10,12,26H,11H2,1H3,(H,25,29). The van der Waals surface area contributed by atoms with E-state index < -0.39 is 5.82 Å². The first-order valence-electron chi connectivity index (χ1n) is 9.46. The van der Waals surface area contributed by atoms with E-state index in [1.807, 2.05) is 31.2 Å². The van der Waals surface area contributed by atoms with E-state index in [0.29, 0.717) is 17.3 Å². The monoisotopic (exact) mass is 400 g/mol. The predicted octanol–water partition coefficient (Wildman–Crippen LogP) is 4.63. The molecule has 6 nitrogen and oxygen atoms in total. The summed E-state index contributed by atoms with van der Waals surface area (Å²) in [5.74, 6) is -0.115. The van der Waals surface area contributed by atoms with E-state index in [0.717, 1.165) is 27.7 Å². The molecule has 30 heavy (non-hydrogen) atoms. The minimum atomic E-state index is -0.444. The normalized spacial score (nSPS) is 11.3. The third kappa shape index (κ3) is 3.20. The lowest BCUT2D eigenvalue weighted by Crippen LogP contribution is -2.05. The molecule has 0 spiro atoms. The molecule has 0 saturated heterocycles. The largest absolute Gasteiger partial charge is 0.434 e. The lowest BCUT2D eigenvalue weighted by Gasteiger charge is -2.11. The van der Waals surface area contributed by atoms with Crippen LogP contribution in [0.25, 0.3) is 21.7 Å². The molecule has 0 fully saturated rings. The zero-order chi connectivity index (χ0) is 20.7. The highest BCUT2D eigenvalue weighted by molar-refractivity contribution is 5.89. The molecule has 148 valence electrons. The molecule has 0 unspecified atom stereocenters. The van der Waals surface area contributed by atoms with Gasteiger partial charge < -0.3 is 14.7 Å². The van der Waals surface area contributed by atoms with Crippen LogP contribution in [0, 0.1) is 12.7 Å². The number of nitrogens with zero attached hydrogens (tertiary/aromatic N) is 2. The van der Waals surface area contributed by atoms with Crippen molar-refractivity contribution < 1.29 is 9.13 Å². The number of rotatable bonds is 4. The minimum absolute atomic E-state index is 0.0920. The maximum atomic E-state index is 14.9. The van der Waals surface area contributed by atoms with Crippen LogP contribution in [-0.2, 0) is 6.42 Å². The van der Waals surface area contributed by atoms with E-state index in [9.17, 15) is 9.18 Å². The van der Waals surface area contributed by atoms with Crippen LogP contribution in [-0.4, -0.2) is 20.2 Å². The van der Waals surface area contributed by atoms with Gasteiger partial charge >= 0.3 is 0 Å². The molecular formula is C23H17FN4O2. The molecule has 5 rings (SSSR count). The highest BCUT2D eigenvalue weighted by Crippen LogP contribution is 2.33. The number of aromatic nitrogens is 4. The number of aromatic amines is 2. The second-order valence-corrected chi connectivity index (χ2v) is 7.13. The summed E-state index contributed by atoms with van der Waals surface area (Å²) in [5.41, 5.74) is 3.07. The first-order valence-corrected chi connectivity index (χ1v) is 9.46. The lowest BCUT2D eigenvalue weighted by atomic mass is 10.1. The Morgan fingerprint density at radius 3 is 2.63 bits per heavy atom. The summed E-state index contributed by atoms with van der Waals surface area (Å²) in [6.07, 6.45) is 2.15. The van der Waals surface area contributed by atoms with Crippen molar-refractivity contribution in [1.29, 1.82) is 0 Å². The number of ether oxygens (including phenoxy) is 1. The Balaban J connectivity index is 1.55. The highest BCUT2D eigenvalue weighted by Gasteiger charge is 2.15. The maximum Gasteiger partial charge on any atom is 0.247 e. The fraction of sp³-hybridized carbons (Fsp3) is 0.0870. The van der Waals surface area contributed by atoms with Crippen LogP contribution < -0.4 is 10.3 Å².